The first-order valence-corrected chi connectivity index (χ1v) is 12.1. The zero-order chi connectivity index (χ0) is 20.0. The van der Waals surface area contributed by atoms with E-state index in [1.165, 1.54) is 43.7 Å². The van der Waals surface area contributed by atoms with E-state index in [0.29, 0.717) is 4.75 Å². The molecule has 3 aliphatic rings. The predicted octanol–water partition coefficient (Wildman–Crippen LogP) is 3.51. The Morgan fingerprint density at radius 1 is 1.07 bits per heavy atom. The molecule has 4 rings (SSSR count). The lowest BCUT2D eigenvalue weighted by Crippen LogP contribution is -2.54. The van der Waals surface area contributed by atoms with Crippen molar-refractivity contribution in [2.24, 2.45) is 4.99 Å². The van der Waals surface area contributed by atoms with E-state index in [2.05, 4.69) is 52.8 Å². The van der Waals surface area contributed by atoms with Gasteiger partial charge in [0.1, 0.15) is 0 Å². The van der Waals surface area contributed by atoms with E-state index in [1.54, 1.807) is 0 Å². The van der Waals surface area contributed by atoms with Crippen LogP contribution in [0.5, 0.6) is 0 Å². The summed E-state index contributed by atoms with van der Waals surface area (Å²) in [6.07, 6.45) is 7.39. The molecule has 0 aromatic heterocycles. The van der Waals surface area contributed by atoms with Gasteiger partial charge in [0.25, 0.3) is 0 Å². The molecule has 6 heteroatoms. The Kier molecular flexibility index (Phi) is 7.04. The molecule has 0 spiro atoms. The fraction of sp³-hybridized carbons (Fsp3) is 0.696. The van der Waals surface area contributed by atoms with Crippen molar-refractivity contribution in [3.8, 4) is 0 Å². The van der Waals surface area contributed by atoms with Crippen LogP contribution in [-0.4, -0.2) is 67.1 Å². The van der Waals surface area contributed by atoms with Crippen molar-refractivity contribution < 1.29 is 4.74 Å². The van der Waals surface area contributed by atoms with Crippen molar-refractivity contribution in [1.82, 2.24) is 15.5 Å². The maximum atomic E-state index is 5.69. The minimum atomic E-state index is 0.188. The zero-order valence-electron chi connectivity index (χ0n) is 17.8. The molecule has 2 saturated heterocycles. The van der Waals surface area contributed by atoms with E-state index < -0.39 is 0 Å². The van der Waals surface area contributed by atoms with Crippen LogP contribution >= 0.6 is 11.8 Å². The van der Waals surface area contributed by atoms with Crippen molar-refractivity contribution >= 4 is 17.7 Å². The van der Waals surface area contributed by atoms with Crippen molar-refractivity contribution in [3.05, 3.63) is 30.3 Å². The molecule has 0 atom stereocenters. The molecule has 2 N–H and O–H groups in total. The molecule has 0 radical (unpaired) electrons. The normalized spacial score (nSPS) is 23.7. The monoisotopic (exact) mass is 416 g/mol. The van der Waals surface area contributed by atoms with Gasteiger partial charge in [-0.25, -0.2) is 0 Å². The second-order valence-corrected chi connectivity index (χ2v) is 10.2. The highest BCUT2D eigenvalue weighted by atomic mass is 32.2. The maximum Gasteiger partial charge on any atom is 0.191 e. The number of nitrogens with zero attached hydrogens (tertiary/aromatic N) is 2. The molecule has 1 aromatic rings. The Morgan fingerprint density at radius 2 is 1.79 bits per heavy atom. The van der Waals surface area contributed by atoms with Crippen LogP contribution in [0, 0.1) is 0 Å². The molecular weight excluding hydrogens is 380 g/mol. The molecule has 160 valence electrons. The average Bonchev–Trinajstić information content (AvgIpc) is 3.28. The van der Waals surface area contributed by atoms with E-state index in [1.807, 2.05) is 11.8 Å². The number of likely N-dealkylation sites (tertiary alicyclic amines) is 1. The maximum absolute atomic E-state index is 5.69. The van der Waals surface area contributed by atoms with Gasteiger partial charge in [-0.3, -0.25) is 9.89 Å². The number of rotatable bonds is 8. The van der Waals surface area contributed by atoms with Gasteiger partial charge < -0.3 is 15.4 Å². The van der Waals surface area contributed by atoms with Gasteiger partial charge in [-0.05, 0) is 70.7 Å². The molecule has 0 amide bonds. The third-order valence-electron chi connectivity index (χ3n) is 6.54. The minimum absolute atomic E-state index is 0.188. The summed E-state index contributed by atoms with van der Waals surface area (Å²) >= 11 is 2.01. The second-order valence-electron chi connectivity index (χ2n) is 8.68. The smallest absolute Gasteiger partial charge is 0.191 e. The van der Waals surface area contributed by atoms with E-state index in [-0.39, 0.29) is 5.54 Å². The minimum Gasteiger partial charge on any atom is -0.381 e. The van der Waals surface area contributed by atoms with Crippen LogP contribution in [0.25, 0.3) is 0 Å². The van der Waals surface area contributed by atoms with Crippen LogP contribution in [0.15, 0.2) is 40.2 Å². The Morgan fingerprint density at radius 3 is 2.45 bits per heavy atom. The quantitative estimate of drug-likeness (QED) is 0.502. The molecule has 29 heavy (non-hydrogen) atoms. The summed E-state index contributed by atoms with van der Waals surface area (Å²) in [7, 11) is 0. The van der Waals surface area contributed by atoms with E-state index >= 15 is 0 Å². The Labute approximate surface area is 180 Å². The van der Waals surface area contributed by atoms with Crippen LogP contribution in [0.3, 0.4) is 0 Å². The number of benzene rings is 1. The van der Waals surface area contributed by atoms with Crippen LogP contribution in [-0.2, 0) is 4.74 Å². The number of ether oxygens (including phenoxy) is 1. The molecule has 2 aliphatic heterocycles. The fourth-order valence-corrected chi connectivity index (χ4v) is 5.77. The summed E-state index contributed by atoms with van der Waals surface area (Å²) in [6, 6.07) is 10.8. The molecule has 2 heterocycles. The number of hydrogen-bond acceptors (Lipinski definition) is 4. The molecule has 1 aromatic carbocycles. The van der Waals surface area contributed by atoms with Crippen molar-refractivity contribution in [2.75, 3.05) is 45.9 Å². The highest BCUT2D eigenvalue weighted by Gasteiger charge is 2.44. The summed E-state index contributed by atoms with van der Waals surface area (Å²) in [6.45, 7) is 9.05. The fourth-order valence-electron chi connectivity index (χ4n) is 4.52. The first kappa shape index (κ1) is 21.0. The van der Waals surface area contributed by atoms with Gasteiger partial charge in [-0.2, -0.15) is 0 Å². The van der Waals surface area contributed by atoms with E-state index in [4.69, 9.17) is 9.73 Å². The highest BCUT2D eigenvalue weighted by molar-refractivity contribution is 8.01. The SMILES string of the molecule is CCNC(=NCC1(N2CCCC2)CCOCC1)NCC1(Sc2ccccc2)CC1. The first-order valence-electron chi connectivity index (χ1n) is 11.3. The summed E-state index contributed by atoms with van der Waals surface area (Å²) in [4.78, 5) is 9.14. The first-order chi connectivity index (χ1) is 14.2. The third kappa shape index (κ3) is 5.47. The van der Waals surface area contributed by atoms with Gasteiger partial charge in [0.05, 0.1) is 6.54 Å². The van der Waals surface area contributed by atoms with Gasteiger partial charge in [0, 0.05) is 41.5 Å². The molecule has 1 saturated carbocycles. The highest BCUT2D eigenvalue weighted by Crippen LogP contribution is 2.51. The van der Waals surface area contributed by atoms with Crippen LogP contribution in [0.4, 0.5) is 0 Å². The lowest BCUT2D eigenvalue weighted by Gasteiger charge is -2.43. The Balaban J connectivity index is 1.38. The largest absolute Gasteiger partial charge is 0.381 e. The van der Waals surface area contributed by atoms with Crippen molar-refractivity contribution in [1.29, 1.82) is 0 Å². The van der Waals surface area contributed by atoms with Gasteiger partial charge >= 0.3 is 0 Å². The van der Waals surface area contributed by atoms with Gasteiger partial charge in [-0.15, -0.1) is 11.8 Å². The van der Waals surface area contributed by atoms with Crippen LogP contribution < -0.4 is 10.6 Å². The Hall–Kier alpha value is -1.24. The number of thioether (sulfide) groups is 1. The summed E-state index contributed by atoms with van der Waals surface area (Å²) in [5.74, 6) is 0.970. The third-order valence-corrected chi connectivity index (χ3v) is 8.03. The molecule has 3 fully saturated rings. The van der Waals surface area contributed by atoms with Crippen LogP contribution in [0.2, 0.25) is 0 Å². The molecule has 0 unspecified atom stereocenters. The predicted molar refractivity (Wildman–Crippen MR) is 122 cm³/mol. The van der Waals surface area contributed by atoms with Gasteiger partial charge in [-0.1, -0.05) is 18.2 Å². The number of nitrogens with one attached hydrogen (secondary N) is 2. The zero-order valence-corrected chi connectivity index (χ0v) is 18.6. The second kappa shape index (κ2) is 9.71. The number of guanidine groups is 1. The summed E-state index contributed by atoms with van der Waals surface area (Å²) < 4.78 is 6.01. The van der Waals surface area contributed by atoms with Crippen molar-refractivity contribution in [3.63, 3.8) is 0 Å². The topological polar surface area (TPSA) is 48.9 Å². The lowest BCUT2D eigenvalue weighted by atomic mass is 9.88. The number of hydrogen-bond donors (Lipinski definition) is 2. The van der Waals surface area contributed by atoms with Crippen LogP contribution in [0.1, 0.15) is 45.4 Å². The summed E-state index contributed by atoms with van der Waals surface area (Å²) in [5.41, 5.74) is 0.188. The van der Waals surface area contributed by atoms with Crippen molar-refractivity contribution in [2.45, 2.75) is 60.6 Å². The Bertz CT molecular complexity index is 665. The average molecular weight is 417 g/mol. The molecule has 0 bridgehead atoms. The number of aliphatic imine (C=N–C) groups is 1. The molecular formula is C23H36N4OS. The standard InChI is InChI=1S/C23H36N4OS/c1-2-24-21(26-19-23(10-11-23)29-20-8-4-3-5-9-20)25-18-22(12-16-28-17-13-22)27-14-6-7-15-27/h3-5,8-9H,2,6-7,10-19H2,1H3,(H2,24,25,26). The molecule has 5 nitrogen and oxygen atoms in total. The molecule has 1 aliphatic carbocycles. The van der Waals surface area contributed by atoms with E-state index in [9.17, 15) is 0 Å². The van der Waals surface area contributed by atoms with Gasteiger partial charge in [0.15, 0.2) is 5.96 Å². The van der Waals surface area contributed by atoms with Gasteiger partial charge in [0.2, 0.25) is 0 Å². The van der Waals surface area contributed by atoms with E-state index in [0.717, 1.165) is 51.6 Å². The lowest BCUT2D eigenvalue weighted by molar-refractivity contribution is -0.0139. The summed E-state index contributed by atoms with van der Waals surface area (Å²) in [5, 5.41) is 7.13.